The van der Waals surface area contributed by atoms with Crippen molar-refractivity contribution in [3.05, 3.63) is 77.1 Å². The van der Waals surface area contributed by atoms with Gasteiger partial charge in [0.15, 0.2) is 0 Å². The Bertz CT molecular complexity index is 943. The number of carbonyl (C=O) groups is 1. The monoisotopic (exact) mass is 361 g/mol. The molecule has 0 spiro atoms. The van der Waals surface area contributed by atoms with Gasteiger partial charge in [0.05, 0.1) is 24.7 Å². The van der Waals surface area contributed by atoms with Gasteiger partial charge in [0.25, 0.3) is 5.91 Å². The Morgan fingerprint density at radius 1 is 1.00 bits per heavy atom. The standard InChI is InChI=1S/C22H23N3O2/c1-14-11-15(2)21(16(3)12-14)25-22(26)19-10-9-17(13-23-19)24-18-7-5-6-8-20(18)27-4/h5-13,24H,1-4H3,(H,25,26). The van der Waals surface area contributed by atoms with Crippen LogP contribution < -0.4 is 15.4 Å². The van der Waals surface area contributed by atoms with Crippen LogP contribution in [-0.2, 0) is 0 Å². The first-order valence-electron chi connectivity index (χ1n) is 8.73. The van der Waals surface area contributed by atoms with E-state index in [1.165, 1.54) is 5.56 Å². The summed E-state index contributed by atoms with van der Waals surface area (Å²) in [5.74, 6) is 0.513. The number of benzene rings is 2. The Balaban J connectivity index is 1.74. The largest absolute Gasteiger partial charge is 0.495 e. The molecule has 0 aliphatic heterocycles. The molecule has 5 heteroatoms. The number of para-hydroxylation sites is 2. The molecule has 2 aromatic carbocycles. The summed E-state index contributed by atoms with van der Waals surface area (Å²) >= 11 is 0. The molecule has 0 saturated heterocycles. The van der Waals surface area contributed by atoms with Gasteiger partial charge >= 0.3 is 0 Å². The number of hydrogen-bond acceptors (Lipinski definition) is 4. The summed E-state index contributed by atoms with van der Waals surface area (Å²) in [5, 5.41) is 6.21. The van der Waals surface area contributed by atoms with Crippen LogP contribution in [0, 0.1) is 20.8 Å². The van der Waals surface area contributed by atoms with E-state index in [0.29, 0.717) is 5.69 Å². The Labute approximate surface area is 159 Å². The summed E-state index contributed by atoms with van der Waals surface area (Å²) in [6.45, 7) is 6.02. The lowest BCUT2D eigenvalue weighted by Gasteiger charge is -2.13. The summed E-state index contributed by atoms with van der Waals surface area (Å²) in [7, 11) is 1.63. The van der Waals surface area contributed by atoms with E-state index in [0.717, 1.165) is 33.9 Å². The highest BCUT2D eigenvalue weighted by atomic mass is 16.5. The predicted octanol–water partition coefficient (Wildman–Crippen LogP) is 5.01. The van der Waals surface area contributed by atoms with Crippen molar-refractivity contribution in [3.8, 4) is 5.75 Å². The number of aryl methyl sites for hydroxylation is 3. The second-order valence-corrected chi connectivity index (χ2v) is 6.49. The summed E-state index contributed by atoms with van der Waals surface area (Å²) in [4.78, 5) is 16.8. The van der Waals surface area contributed by atoms with Crippen LogP contribution >= 0.6 is 0 Å². The normalized spacial score (nSPS) is 10.4. The van der Waals surface area contributed by atoms with Gasteiger partial charge < -0.3 is 15.4 Å². The first-order valence-corrected chi connectivity index (χ1v) is 8.73. The Hall–Kier alpha value is -3.34. The van der Waals surface area contributed by atoms with Crippen molar-refractivity contribution < 1.29 is 9.53 Å². The van der Waals surface area contributed by atoms with Gasteiger partial charge in [-0.25, -0.2) is 4.98 Å². The van der Waals surface area contributed by atoms with Crippen LogP contribution in [0.2, 0.25) is 0 Å². The number of anilines is 3. The van der Waals surface area contributed by atoms with Gasteiger partial charge in [-0.1, -0.05) is 29.8 Å². The average molecular weight is 361 g/mol. The van der Waals surface area contributed by atoms with Crippen molar-refractivity contribution in [1.29, 1.82) is 0 Å². The number of pyridine rings is 1. The van der Waals surface area contributed by atoms with Gasteiger partial charge in [0.2, 0.25) is 0 Å². The smallest absolute Gasteiger partial charge is 0.274 e. The maximum Gasteiger partial charge on any atom is 0.274 e. The minimum Gasteiger partial charge on any atom is -0.495 e. The first kappa shape index (κ1) is 18.5. The minimum absolute atomic E-state index is 0.228. The van der Waals surface area contributed by atoms with E-state index in [1.54, 1.807) is 19.4 Å². The third kappa shape index (κ3) is 4.26. The lowest BCUT2D eigenvalue weighted by Crippen LogP contribution is -2.15. The first-order chi connectivity index (χ1) is 13.0. The maximum atomic E-state index is 12.6. The molecule has 0 aliphatic rings. The van der Waals surface area contributed by atoms with Crippen LogP contribution in [0.25, 0.3) is 0 Å². The fourth-order valence-electron chi connectivity index (χ4n) is 3.06. The number of hydrogen-bond donors (Lipinski definition) is 2. The Morgan fingerprint density at radius 3 is 2.33 bits per heavy atom. The molecule has 3 rings (SSSR count). The van der Waals surface area contributed by atoms with Gasteiger partial charge in [-0.15, -0.1) is 0 Å². The van der Waals surface area contributed by atoms with Gasteiger partial charge in [-0.2, -0.15) is 0 Å². The summed E-state index contributed by atoms with van der Waals surface area (Å²) in [6, 6.07) is 15.3. The van der Waals surface area contributed by atoms with Crippen LogP contribution in [0.1, 0.15) is 27.2 Å². The zero-order chi connectivity index (χ0) is 19.4. The maximum absolute atomic E-state index is 12.6. The lowest BCUT2D eigenvalue weighted by molar-refractivity contribution is 0.102. The quantitative estimate of drug-likeness (QED) is 0.670. The number of ether oxygens (including phenoxy) is 1. The highest BCUT2D eigenvalue weighted by Crippen LogP contribution is 2.27. The van der Waals surface area contributed by atoms with Crippen LogP contribution in [0.5, 0.6) is 5.75 Å². The van der Waals surface area contributed by atoms with Crippen molar-refractivity contribution in [2.24, 2.45) is 0 Å². The Morgan fingerprint density at radius 2 is 1.70 bits per heavy atom. The molecule has 1 heterocycles. The van der Waals surface area contributed by atoms with E-state index in [-0.39, 0.29) is 5.91 Å². The zero-order valence-corrected chi connectivity index (χ0v) is 16.0. The van der Waals surface area contributed by atoms with Gasteiger partial charge in [-0.05, 0) is 56.2 Å². The molecule has 0 atom stereocenters. The predicted molar refractivity (Wildman–Crippen MR) is 109 cm³/mol. The summed E-state index contributed by atoms with van der Waals surface area (Å²) < 4.78 is 5.33. The number of rotatable bonds is 5. The molecule has 0 fully saturated rings. The molecule has 1 aromatic heterocycles. The van der Waals surface area contributed by atoms with E-state index < -0.39 is 0 Å². The fourth-order valence-corrected chi connectivity index (χ4v) is 3.06. The molecule has 0 aliphatic carbocycles. The van der Waals surface area contributed by atoms with Crippen LogP contribution in [0.15, 0.2) is 54.7 Å². The van der Waals surface area contributed by atoms with Crippen LogP contribution in [0.3, 0.4) is 0 Å². The lowest BCUT2D eigenvalue weighted by atomic mass is 10.0. The zero-order valence-electron chi connectivity index (χ0n) is 16.0. The van der Waals surface area contributed by atoms with Crippen molar-refractivity contribution in [2.75, 3.05) is 17.7 Å². The molecular weight excluding hydrogens is 338 g/mol. The van der Waals surface area contributed by atoms with E-state index >= 15 is 0 Å². The van der Waals surface area contributed by atoms with Gasteiger partial charge in [0, 0.05) is 5.69 Å². The molecule has 138 valence electrons. The van der Waals surface area contributed by atoms with Crippen LogP contribution in [0.4, 0.5) is 17.1 Å². The van der Waals surface area contributed by atoms with E-state index in [9.17, 15) is 4.79 Å². The number of carbonyl (C=O) groups excluding carboxylic acids is 1. The van der Waals surface area contributed by atoms with Crippen molar-refractivity contribution in [1.82, 2.24) is 4.98 Å². The molecule has 27 heavy (non-hydrogen) atoms. The Kier molecular flexibility index (Phi) is 5.41. The molecule has 2 N–H and O–H groups in total. The fraction of sp³-hybridized carbons (Fsp3) is 0.182. The highest BCUT2D eigenvalue weighted by molar-refractivity contribution is 6.03. The SMILES string of the molecule is COc1ccccc1Nc1ccc(C(=O)Nc2c(C)cc(C)cc2C)nc1. The van der Waals surface area contributed by atoms with E-state index in [4.69, 9.17) is 4.74 Å². The van der Waals surface area contributed by atoms with Crippen molar-refractivity contribution in [3.63, 3.8) is 0 Å². The number of amides is 1. The second-order valence-electron chi connectivity index (χ2n) is 6.49. The number of methoxy groups -OCH3 is 1. The molecular formula is C22H23N3O2. The third-order valence-corrected chi connectivity index (χ3v) is 4.30. The summed E-state index contributed by atoms with van der Waals surface area (Å²) in [5.41, 5.74) is 6.06. The molecule has 5 nitrogen and oxygen atoms in total. The highest BCUT2D eigenvalue weighted by Gasteiger charge is 2.12. The van der Waals surface area contributed by atoms with E-state index in [2.05, 4.69) is 27.8 Å². The van der Waals surface area contributed by atoms with E-state index in [1.807, 2.05) is 51.1 Å². The van der Waals surface area contributed by atoms with Gasteiger partial charge in [-0.3, -0.25) is 4.79 Å². The molecule has 3 aromatic rings. The minimum atomic E-state index is -0.228. The van der Waals surface area contributed by atoms with Crippen molar-refractivity contribution >= 4 is 23.0 Å². The summed E-state index contributed by atoms with van der Waals surface area (Å²) in [6.07, 6.45) is 1.64. The van der Waals surface area contributed by atoms with Crippen molar-refractivity contribution in [2.45, 2.75) is 20.8 Å². The molecule has 0 saturated carbocycles. The number of aromatic nitrogens is 1. The molecule has 0 unspecified atom stereocenters. The number of nitrogens with one attached hydrogen (secondary N) is 2. The second kappa shape index (κ2) is 7.91. The molecule has 1 amide bonds. The third-order valence-electron chi connectivity index (χ3n) is 4.30. The average Bonchev–Trinajstić information content (AvgIpc) is 2.65. The number of nitrogens with zero attached hydrogens (tertiary/aromatic N) is 1. The molecule has 0 bridgehead atoms. The topological polar surface area (TPSA) is 63.2 Å². The van der Waals surface area contributed by atoms with Gasteiger partial charge in [0.1, 0.15) is 11.4 Å². The molecule has 0 radical (unpaired) electrons. The van der Waals surface area contributed by atoms with Crippen LogP contribution in [-0.4, -0.2) is 18.0 Å².